The molecule has 0 aliphatic carbocycles. The van der Waals surface area contributed by atoms with Gasteiger partial charge in [0.05, 0.1) is 7.11 Å². The molecule has 1 aliphatic rings. The van der Waals surface area contributed by atoms with Crippen molar-refractivity contribution in [2.75, 3.05) is 32.2 Å². The summed E-state index contributed by atoms with van der Waals surface area (Å²) in [5.41, 5.74) is 0.292. The van der Waals surface area contributed by atoms with E-state index in [0.717, 1.165) is 44.2 Å². The number of aromatic nitrogens is 1. The molecule has 0 radical (unpaired) electrons. The van der Waals surface area contributed by atoms with Crippen molar-refractivity contribution in [2.24, 2.45) is 5.41 Å². The molecule has 0 bridgehead atoms. The van der Waals surface area contributed by atoms with Crippen molar-refractivity contribution in [3.63, 3.8) is 0 Å². The molecular weight excluding hydrogens is 216 g/mol. The van der Waals surface area contributed by atoms with Crippen LogP contribution in [0.3, 0.4) is 0 Å². The molecule has 0 atom stereocenters. The number of anilines is 1. The molecule has 1 N–H and O–H groups in total. The third-order valence-corrected chi connectivity index (χ3v) is 3.37. The molecule has 4 nitrogen and oxygen atoms in total. The highest BCUT2D eigenvalue weighted by Crippen LogP contribution is 2.31. The Hall–Kier alpha value is -1.29. The minimum Gasteiger partial charge on any atom is -0.493 e. The molecule has 0 unspecified atom stereocenters. The van der Waals surface area contributed by atoms with Crippen molar-refractivity contribution >= 4 is 5.82 Å². The van der Waals surface area contributed by atoms with Gasteiger partial charge in [0, 0.05) is 26.0 Å². The normalized spacial score (nSPS) is 18.7. The minimum absolute atomic E-state index is 0.292. The lowest BCUT2D eigenvalue weighted by Crippen LogP contribution is -2.33. The van der Waals surface area contributed by atoms with Crippen molar-refractivity contribution in [3.8, 4) is 5.75 Å². The second-order valence-corrected chi connectivity index (χ2v) is 4.83. The summed E-state index contributed by atoms with van der Waals surface area (Å²) in [6.45, 7) is 4.91. The molecule has 2 heterocycles. The van der Waals surface area contributed by atoms with Crippen LogP contribution in [0.2, 0.25) is 0 Å². The van der Waals surface area contributed by atoms with Gasteiger partial charge in [-0.25, -0.2) is 4.98 Å². The zero-order valence-corrected chi connectivity index (χ0v) is 10.5. The Labute approximate surface area is 102 Å². The van der Waals surface area contributed by atoms with Crippen LogP contribution in [0, 0.1) is 5.41 Å². The number of rotatable bonds is 4. The topological polar surface area (TPSA) is 43.4 Å². The second kappa shape index (κ2) is 5.36. The average molecular weight is 236 g/mol. The monoisotopic (exact) mass is 236 g/mol. The largest absolute Gasteiger partial charge is 0.493 e. The molecule has 1 fully saturated rings. The molecule has 0 spiro atoms. The van der Waals surface area contributed by atoms with Gasteiger partial charge in [0.25, 0.3) is 0 Å². The van der Waals surface area contributed by atoms with Crippen LogP contribution >= 0.6 is 0 Å². The zero-order valence-electron chi connectivity index (χ0n) is 10.5. The summed E-state index contributed by atoms with van der Waals surface area (Å²) in [5, 5.41) is 3.38. The van der Waals surface area contributed by atoms with Crippen molar-refractivity contribution in [2.45, 2.75) is 19.8 Å². The molecule has 1 aromatic heterocycles. The Kier molecular flexibility index (Phi) is 3.84. The number of hydrogen-bond donors (Lipinski definition) is 1. The third-order valence-electron chi connectivity index (χ3n) is 3.37. The van der Waals surface area contributed by atoms with Gasteiger partial charge in [-0.3, -0.25) is 0 Å². The summed E-state index contributed by atoms with van der Waals surface area (Å²) in [4.78, 5) is 4.30. The molecule has 17 heavy (non-hydrogen) atoms. The molecule has 4 heteroatoms. The zero-order chi connectivity index (χ0) is 12.1. The number of nitrogens with zero attached hydrogens (tertiary/aromatic N) is 1. The molecule has 1 aliphatic heterocycles. The van der Waals surface area contributed by atoms with Crippen molar-refractivity contribution in [1.82, 2.24) is 4.98 Å². The Morgan fingerprint density at radius 2 is 2.24 bits per heavy atom. The average Bonchev–Trinajstić information content (AvgIpc) is 2.38. The van der Waals surface area contributed by atoms with Gasteiger partial charge >= 0.3 is 0 Å². The molecule has 1 saturated heterocycles. The van der Waals surface area contributed by atoms with E-state index < -0.39 is 0 Å². The van der Waals surface area contributed by atoms with Gasteiger partial charge in [0.15, 0.2) is 11.6 Å². The molecular formula is C13H20N2O2. The van der Waals surface area contributed by atoms with E-state index in [1.807, 2.05) is 12.1 Å². The standard InChI is InChI=1S/C13H20N2O2/c1-13(5-8-17-9-6-13)10-15-12-11(16-2)4-3-7-14-12/h3-4,7H,5-6,8-10H2,1-2H3,(H,14,15). The van der Waals surface area contributed by atoms with E-state index in [4.69, 9.17) is 9.47 Å². The maximum absolute atomic E-state index is 5.39. The lowest BCUT2D eigenvalue weighted by Gasteiger charge is -2.33. The summed E-state index contributed by atoms with van der Waals surface area (Å²) in [5.74, 6) is 1.62. The lowest BCUT2D eigenvalue weighted by atomic mass is 9.82. The van der Waals surface area contributed by atoms with Crippen LogP contribution < -0.4 is 10.1 Å². The maximum atomic E-state index is 5.39. The predicted octanol–water partition coefficient (Wildman–Crippen LogP) is 2.32. The third kappa shape index (κ3) is 3.09. The predicted molar refractivity (Wildman–Crippen MR) is 67.4 cm³/mol. The highest BCUT2D eigenvalue weighted by atomic mass is 16.5. The lowest BCUT2D eigenvalue weighted by molar-refractivity contribution is 0.0299. The van der Waals surface area contributed by atoms with Crippen LogP contribution in [0.25, 0.3) is 0 Å². The number of pyridine rings is 1. The summed E-state index contributed by atoms with van der Waals surface area (Å²) in [7, 11) is 1.67. The van der Waals surface area contributed by atoms with Crippen LogP contribution in [0.15, 0.2) is 18.3 Å². The van der Waals surface area contributed by atoms with Gasteiger partial charge in [0.1, 0.15) is 0 Å². The fraction of sp³-hybridized carbons (Fsp3) is 0.615. The van der Waals surface area contributed by atoms with Crippen molar-refractivity contribution < 1.29 is 9.47 Å². The van der Waals surface area contributed by atoms with E-state index in [2.05, 4.69) is 17.2 Å². The van der Waals surface area contributed by atoms with Crippen molar-refractivity contribution in [3.05, 3.63) is 18.3 Å². The van der Waals surface area contributed by atoms with E-state index in [1.54, 1.807) is 13.3 Å². The highest BCUT2D eigenvalue weighted by molar-refractivity contribution is 5.49. The maximum Gasteiger partial charge on any atom is 0.168 e. The van der Waals surface area contributed by atoms with Gasteiger partial charge in [0.2, 0.25) is 0 Å². The van der Waals surface area contributed by atoms with Gasteiger partial charge in [-0.1, -0.05) is 6.92 Å². The van der Waals surface area contributed by atoms with Crippen LogP contribution in [0.1, 0.15) is 19.8 Å². The van der Waals surface area contributed by atoms with Gasteiger partial charge in [-0.05, 0) is 30.4 Å². The summed E-state index contributed by atoms with van der Waals surface area (Å²) in [6.07, 6.45) is 3.96. The van der Waals surface area contributed by atoms with Crippen LogP contribution in [0.4, 0.5) is 5.82 Å². The SMILES string of the molecule is COc1cccnc1NCC1(C)CCOCC1. The van der Waals surface area contributed by atoms with Crippen LogP contribution in [0.5, 0.6) is 5.75 Å². The van der Waals surface area contributed by atoms with Gasteiger partial charge in [-0.15, -0.1) is 0 Å². The Balaban J connectivity index is 1.96. The molecule has 0 amide bonds. The van der Waals surface area contributed by atoms with E-state index in [9.17, 15) is 0 Å². The van der Waals surface area contributed by atoms with E-state index in [-0.39, 0.29) is 0 Å². The molecule has 94 valence electrons. The van der Waals surface area contributed by atoms with Crippen LogP contribution in [-0.4, -0.2) is 31.9 Å². The number of hydrogen-bond acceptors (Lipinski definition) is 4. The Morgan fingerprint density at radius 1 is 1.47 bits per heavy atom. The summed E-state index contributed by atoms with van der Waals surface area (Å²) < 4.78 is 10.7. The van der Waals surface area contributed by atoms with E-state index in [0.29, 0.717) is 5.41 Å². The quantitative estimate of drug-likeness (QED) is 0.871. The Bertz CT molecular complexity index is 362. The molecule has 0 aromatic carbocycles. The first-order valence-electron chi connectivity index (χ1n) is 6.04. The molecule has 1 aromatic rings. The number of nitrogens with one attached hydrogen (secondary N) is 1. The van der Waals surface area contributed by atoms with Gasteiger partial charge < -0.3 is 14.8 Å². The second-order valence-electron chi connectivity index (χ2n) is 4.83. The first-order valence-corrected chi connectivity index (χ1v) is 6.04. The Morgan fingerprint density at radius 3 is 2.94 bits per heavy atom. The first kappa shape index (κ1) is 12.2. The first-order chi connectivity index (χ1) is 8.23. The summed E-state index contributed by atoms with van der Waals surface area (Å²) >= 11 is 0. The fourth-order valence-corrected chi connectivity index (χ4v) is 2.03. The molecule has 2 rings (SSSR count). The number of methoxy groups -OCH3 is 1. The number of ether oxygens (including phenoxy) is 2. The van der Waals surface area contributed by atoms with E-state index >= 15 is 0 Å². The van der Waals surface area contributed by atoms with Crippen LogP contribution in [-0.2, 0) is 4.74 Å². The van der Waals surface area contributed by atoms with Crippen molar-refractivity contribution in [1.29, 1.82) is 0 Å². The minimum atomic E-state index is 0.292. The van der Waals surface area contributed by atoms with Gasteiger partial charge in [-0.2, -0.15) is 0 Å². The fourth-order valence-electron chi connectivity index (χ4n) is 2.03. The highest BCUT2D eigenvalue weighted by Gasteiger charge is 2.27. The van der Waals surface area contributed by atoms with E-state index in [1.165, 1.54) is 0 Å². The molecule has 0 saturated carbocycles. The smallest absolute Gasteiger partial charge is 0.168 e. The summed E-state index contributed by atoms with van der Waals surface area (Å²) in [6, 6.07) is 3.79.